The summed E-state index contributed by atoms with van der Waals surface area (Å²) in [5, 5.41) is 2.93. The van der Waals surface area contributed by atoms with Gasteiger partial charge in [0.05, 0.1) is 11.4 Å². The summed E-state index contributed by atoms with van der Waals surface area (Å²) in [4.78, 5) is 36.5. The molecule has 148 valence electrons. The van der Waals surface area contributed by atoms with Crippen molar-refractivity contribution in [2.45, 2.75) is 43.5 Å². The first-order valence-corrected chi connectivity index (χ1v) is 10.3. The number of nitrogens with one attached hydrogen (secondary N) is 1. The number of primary amides is 1. The molecule has 0 radical (unpaired) electrons. The van der Waals surface area contributed by atoms with E-state index in [1.54, 1.807) is 25.1 Å². The second kappa shape index (κ2) is 9.09. The van der Waals surface area contributed by atoms with Crippen LogP contribution in [0.15, 0.2) is 35.2 Å². The molecular weight excluding hydrogens is 370 g/mol. The Labute approximate surface area is 159 Å². The lowest BCUT2D eigenvalue weighted by Crippen LogP contribution is -2.49. The molecule has 0 bridgehead atoms. The Kier molecular flexibility index (Phi) is 7.09. The molecule has 0 aliphatic carbocycles. The van der Waals surface area contributed by atoms with Crippen LogP contribution in [0.1, 0.15) is 32.6 Å². The molecule has 8 nitrogen and oxygen atoms in total. The fourth-order valence-corrected chi connectivity index (χ4v) is 4.58. The third-order valence-corrected chi connectivity index (χ3v) is 6.45. The molecule has 1 heterocycles. The van der Waals surface area contributed by atoms with Gasteiger partial charge in [-0.15, -0.1) is 0 Å². The van der Waals surface area contributed by atoms with Crippen LogP contribution in [-0.2, 0) is 24.4 Å². The van der Waals surface area contributed by atoms with E-state index in [-0.39, 0.29) is 36.5 Å². The van der Waals surface area contributed by atoms with Crippen LogP contribution >= 0.6 is 0 Å². The van der Waals surface area contributed by atoms with Crippen LogP contribution in [0.5, 0.6) is 0 Å². The summed E-state index contributed by atoms with van der Waals surface area (Å²) in [5.74, 6) is -2.17. The molecule has 9 heteroatoms. The van der Waals surface area contributed by atoms with E-state index in [4.69, 9.17) is 5.73 Å². The number of nitrogens with zero attached hydrogens (tertiary/aromatic N) is 1. The number of benzene rings is 1. The molecule has 2 amide bonds. The van der Waals surface area contributed by atoms with Crippen molar-refractivity contribution in [1.82, 2.24) is 9.62 Å². The van der Waals surface area contributed by atoms with E-state index in [1.165, 1.54) is 12.1 Å². The van der Waals surface area contributed by atoms with Gasteiger partial charge in [0.2, 0.25) is 11.8 Å². The Morgan fingerprint density at radius 1 is 1.30 bits per heavy atom. The van der Waals surface area contributed by atoms with Crippen molar-refractivity contribution in [3.8, 4) is 0 Å². The van der Waals surface area contributed by atoms with Crippen molar-refractivity contribution in [2.75, 3.05) is 13.1 Å². The maximum absolute atomic E-state index is 13.2. The normalized spacial score (nSPS) is 19.1. The summed E-state index contributed by atoms with van der Waals surface area (Å²) in [6.07, 6.45) is 0.763. The zero-order valence-corrected chi connectivity index (χ0v) is 16.1. The molecule has 0 saturated carbocycles. The van der Waals surface area contributed by atoms with Crippen LogP contribution in [0.25, 0.3) is 0 Å². The molecule has 1 saturated heterocycles. The average Bonchev–Trinajstić information content (AvgIpc) is 2.85. The fourth-order valence-electron chi connectivity index (χ4n) is 2.93. The molecule has 1 unspecified atom stereocenters. The minimum absolute atomic E-state index is 0.0104. The minimum Gasteiger partial charge on any atom is -0.369 e. The number of carbonyl (C=O) groups is 3. The number of carbonyl (C=O) groups excluding carboxylic acids is 3. The fraction of sp³-hybridized carbons (Fsp3) is 0.500. The molecule has 1 aliphatic rings. The zero-order valence-electron chi connectivity index (χ0n) is 15.3. The SMILES string of the molecule is CC(CCC(=O)N([C@H]1CCCNCC1=O)S(=O)(=O)c1ccccc1)C(N)=O. The molecule has 27 heavy (non-hydrogen) atoms. The van der Waals surface area contributed by atoms with Gasteiger partial charge in [0.1, 0.15) is 6.04 Å². The van der Waals surface area contributed by atoms with Crippen LogP contribution in [0.3, 0.4) is 0 Å². The molecule has 2 atom stereocenters. The highest BCUT2D eigenvalue weighted by Gasteiger charge is 2.39. The lowest BCUT2D eigenvalue weighted by Gasteiger charge is -2.29. The third-order valence-electron chi connectivity index (χ3n) is 4.61. The maximum Gasteiger partial charge on any atom is 0.267 e. The van der Waals surface area contributed by atoms with E-state index >= 15 is 0 Å². The van der Waals surface area contributed by atoms with Crippen LogP contribution < -0.4 is 11.1 Å². The number of hydrogen-bond acceptors (Lipinski definition) is 6. The van der Waals surface area contributed by atoms with Gasteiger partial charge in [-0.1, -0.05) is 25.1 Å². The van der Waals surface area contributed by atoms with E-state index in [9.17, 15) is 22.8 Å². The van der Waals surface area contributed by atoms with Crippen molar-refractivity contribution in [3.63, 3.8) is 0 Å². The summed E-state index contributed by atoms with van der Waals surface area (Å²) in [7, 11) is -4.20. The van der Waals surface area contributed by atoms with Gasteiger partial charge in [-0.3, -0.25) is 14.4 Å². The van der Waals surface area contributed by atoms with Crippen molar-refractivity contribution >= 4 is 27.6 Å². The molecule has 0 aromatic heterocycles. The van der Waals surface area contributed by atoms with Gasteiger partial charge in [-0.25, -0.2) is 12.7 Å². The number of sulfonamides is 1. The summed E-state index contributed by atoms with van der Waals surface area (Å²) in [5.41, 5.74) is 5.22. The maximum atomic E-state index is 13.2. The molecule has 1 aliphatic heterocycles. The molecule has 1 aromatic carbocycles. The second-order valence-corrected chi connectivity index (χ2v) is 8.47. The summed E-state index contributed by atoms with van der Waals surface area (Å²) in [6.45, 7) is 2.16. The number of ketones is 1. The van der Waals surface area contributed by atoms with Gasteiger partial charge in [-0.2, -0.15) is 0 Å². The predicted molar refractivity (Wildman–Crippen MR) is 99.0 cm³/mol. The minimum atomic E-state index is -4.20. The van der Waals surface area contributed by atoms with Crippen LogP contribution in [-0.4, -0.2) is 49.5 Å². The zero-order chi connectivity index (χ0) is 20.0. The first kappa shape index (κ1) is 21.0. The van der Waals surface area contributed by atoms with E-state index in [0.717, 1.165) is 0 Å². The summed E-state index contributed by atoms with van der Waals surface area (Å²) >= 11 is 0. The standard InChI is InChI=1S/C18H25N3O5S/c1-13(18(19)24)9-10-17(23)21(15-8-5-11-20-12-16(15)22)27(25,26)14-6-3-2-4-7-14/h2-4,6-7,13,15,20H,5,8-12H2,1H3,(H2,19,24)/t13?,15-/m0/s1. The molecular formula is C18H25N3O5S. The van der Waals surface area contributed by atoms with Crippen molar-refractivity contribution in [3.05, 3.63) is 30.3 Å². The molecule has 2 rings (SSSR count). The van der Waals surface area contributed by atoms with Crippen LogP contribution in [0.4, 0.5) is 0 Å². The molecule has 0 spiro atoms. The Morgan fingerprint density at radius 3 is 2.59 bits per heavy atom. The van der Waals surface area contributed by atoms with E-state index < -0.39 is 33.8 Å². The largest absolute Gasteiger partial charge is 0.369 e. The van der Waals surface area contributed by atoms with E-state index in [2.05, 4.69) is 5.32 Å². The van der Waals surface area contributed by atoms with Gasteiger partial charge in [0.25, 0.3) is 10.0 Å². The number of Topliss-reactive ketones (excluding diaryl/α,β-unsaturated/α-hetero) is 1. The highest BCUT2D eigenvalue weighted by atomic mass is 32.2. The highest BCUT2D eigenvalue weighted by Crippen LogP contribution is 2.24. The van der Waals surface area contributed by atoms with Gasteiger partial charge in [0.15, 0.2) is 5.78 Å². The first-order chi connectivity index (χ1) is 12.7. The van der Waals surface area contributed by atoms with E-state index in [0.29, 0.717) is 17.3 Å². The van der Waals surface area contributed by atoms with Gasteiger partial charge in [-0.05, 0) is 37.9 Å². The smallest absolute Gasteiger partial charge is 0.267 e. The summed E-state index contributed by atoms with van der Waals surface area (Å²) < 4.78 is 27.0. The average molecular weight is 395 g/mol. The first-order valence-electron chi connectivity index (χ1n) is 8.90. The monoisotopic (exact) mass is 395 g/mol. The molecule has 3 N–H and O–H groups in total. The lowest BCUT2D eigenvalue weighted by atomic mass is 10.0. The Balaban J connectivity index is 2.37. The van der Waals surface area contributed by atoms with Gasteiger partial charge < -0.3 is 11.1 Å². The Hall–Kier alpha value is -2.26. The predicted octanol–water partition coefficient (Wildman–Crippen LogP) is 0.427. The number of rotatable bonds is 7. The van der Waals surface area contributed by atoms with Crippen molar-refractivity contribution in [2.24, 2.45) is 11.7 Å². The molecule has 1 aromatic rings. The second-order valence-electron chi connectivity index (χ2n) is 6.65. The Morgan fingerprint density at radius 2 is 1.96 bits per heavy atom. The third kappa shape index (κ3) is 5.14. The highest BCUT2D eigenvalue weighted by molar-refractivity contribution is 7.89. The topological polar surface area (TPSA) is 127 Å². The van der Waals surface area contributed by atoms with Crippen LogP contribution in [0.2, 0.25) is 0 Å². The van der Waals surface area contributed by atoms with Gasteiger partial charge in [0, 0.05) is 12.3 Å². The van der Waals surface area contributed by atoms with Crippen molar-refractivity contribution in [1.29, 1.82) is 0 Å². The quantitative estimate of drug-likeness (QED) is 0.689. The molecule has 1 fully saturated rings. The summed E-state index contributed by atoms with van der Waals surface area (Å²) in [6, 6.07) is 6.51. The lowest BCUT2D eigenvalue weighted by molar-refractivity contribution is -0.134. The van der Waals surface area contributed by atoms with Crippen molar-refractivity contribution < 1.29 is 22.8 Å². The van der Waals surface area contributed by atoms with Crippen LogP contribution in [0, 0.1) is 5.92 Å². The number of hydrogen-bond donors (Lipinski definition) is 2. The number of nitrogens with two attached hydrogens (primary N) is 1. The Bertz CT molecular complexity index is 794. The van der Waals surface area contributed by atoms with Gasteiger partial charge >= 0.3 is 0 Å². The van der Waals surface area contributed by atoms with E-state index in [1.807, 2.05) is 0 Å². The number of amides is 2.